The lowest BCUT2D eigenvalue weighted by Gasteiger charge is -2.42. The number of nitrogens with zero attached hydrogens (tertiary/aromatic N) is 1. The van der Waals surface area contributed by atoms with Crippen LogP contribution < -0.4 is 0 Å². The first-order chi connectivity index (χ1) is 8.84. The molecule has 1 saturated heterocycles. The van der Waals surface area contributed by atoms with E-state index < -0.39 is 17.2 Å². The zero-order chi connectivity index (χ0) is 15.1. The van der Waals surface area contributed by atoms with Gasteiger partial charge in [-0.15, -0.1) is 0 Å². The lowest BCUT2D eigenvalue weighted by molar-refractivity contribution is -0.124. The van der Waals surface area contributed by atoms with E-state index >= 15 is 0 Å². The van der Waals surface area contributed by atoms with Crippen LogP contribution in [0.25, 0.3) is 0 Å². The Hall–Kier alpha value is -1.14. The molecular formula is C13H25NO5. The van der Waals surface area contributed by atoms with E-state index in [4.69, 9.17) is 9.84 Å². The molecule has 1 amide bonds. The van der Waals surface area contributed by atoms with Crippen LogP contribution in [0.3, 0.4) is 0 Å². The highest BCUT2D eigenvalue weighted by Crippen LogP contribution is 2.27. The molecule has 0 aliphatic carbocycles. The summed E-state index contributed by atoms with van der Waals surface area (Å²) in [5, 5.41) is 16.4. The van der Waals surface area contributed by atoms with E-state index in [1.54, 1.807) is 20.8 Å². The third kappa shape index (κ3) is 4.80. The molecule has 1 rings (SSSR count). The summed E-state index contributed by atoms with van der Waals surface area (Å²) in [7, 11) is 1.00. The lowest BCUT2D eigenvalue weighted by Crippen LogP contribution is -2.59. The largest absolute Gasteiger partial charge is 0.444 e. The number of amides is 1. The van der Waals surface area contributed by atoms with Crippen molar-refractivity contribution >= 4 is 12.4 Å². The molecular weight excluding hydrogens is 250 g/mol. The van der Waals surface area contributed by atoms with Gasteiger partial charge in [0.05, 0.1) is 6.61 Å². The maximum atomic E-state index is 12.0. The molecule has 0 spiro atoms. The van der Waals surface area contributed by atoms with Crippen LogP contribution in [0.5, 0.6) is 0 Å². The van der Waals surface area contributed by atoms with Crippen molar-refractivity contribution in [3.8, 4) is 0 Å². The summed E-state index contributed by atoms with van der Waals surface area (Å²) in [6, 6.07) is 0. The highest BCUT2D eigenvalue weighted by atomic mass is 16.6. The number of aldehydes is 1. The highest BCUT2D eigenvalue weighted by molar-refractivity contribution is 5.77. The predicted molar refractivity (Wildman–Crippen MR) is 70.8 cm³/mol. The molecule has 1 unspecified atom stereocenters. The fourth-order valence-electron chi connectivity index (χ4n) is 1.97. The summed E-state index contributed by atoms with van der Waals surface area (Å²) in [5.74, 6) is 0. The molecule has 6 nitrogen and oxygen atoms in total. The van der Waals surface area contributed by atoms with Gasteiger partial charge in [0.2, 0.25) is 0 Å². The van der Waals surface area contributed by atoms with Crippen molar-refractivity contribution < 1.29 is 24.5 Å². The SMILES string of the molecule is CC(C)(C)OC(=O)N1CCCCC1(C=O)CO.CO. The molecule has 19 heavy (non-hydrogen) atoms. The van der Waals surface area contributed by atoms with Crippen LogP contribution in [0.2, 0.25) is 0 Å². The van der Waals surface area contributed by atoms with Gasteiger partial charge in [0.1, 0.15) is 17.4 Å². The quantitative estimate of drug-likeness (QED) is 0.733. The number of carbonyl (C=O) groups is 2. The molecule has 0 aromatic carbocycles. The van der Waals surface area contributed by atoms with Crippen LogP contribution >= 0.6 is 0 Å². The van der Waals surface area contributed by atoms with E-state index in [9.17, 15) is 14.7 Å². The number of carbonyl (C=O) groups excluding carboxylic acids is 2. The number of rotatable bonds is 2. The molecule has 1 heterocycles. The van der Waals surface area contributed by atoms with Gasteiger partial charge in [-0.05, 0) is 40.0 Å². The van der Waals surface area contributed by atoms with Crippen molar-refractivity contribution in [1.82, 2.24) is 4.90 Å². The van der Waals surface area contributed by atoms with Gasteiger partial charge in [0.25, 0.3) is 0 Å². The Balaban J connectivity index is 0.00000154. The molecule has 1 fully saturated rings. The second-order valence-corrected chi connectivity index (χ2v) is 5.47. The third-order valence-corrected chi connectivity index (χ3v) is 2.89. The van der Waals surface area contributed by atoms with E-state index in [-0.39, 0.29) is 6.61 Å². The Morgan fingerprint density at radius 2 is 1.95 bits per heavy atom. The van der Waals surface area contributed by atoms with Gasteiger partial charge in [0.15, 0.2) is 0 Å². The van der Waals surface area contributed by atoms with Gasteiger partial charge in [-0.25, -0.2) is 4.79 Å². The van der Waals surface area contributed by atoms with E-state index in [1.807, 2.05) is 0 Å². The Morgan fingerprint density at radius 1 is 1.37 bits per heavy atom. The Morgan fingerprint density at radius 3 is 2.37 bits per heavy atom. The van der Waals surface area contributed by atoms with Gasteiger partial charge in [0, 0.05) is 13.7 Å². The van der Waals surface area contributed by atoms with Crippen molar-refractivity contribution in [3.63, 3.8) is 0 Å². The number of hydrogen-bond donors (Lipinski definition) is 2. The van der Waals surface area contributed by atoms with E-state index in [1.165, 1.54) is 4.90 Å². The van der Waals surface area contributed by atoms with Crippen molar-refractivity contribution in [2.75, 3.05) is 20.3 Å². The number of hydrogen-bond acceptors (Lipinski definition) is 5. The first-order valence-electron chi connectivity index (χ1n) is 6.37. The molecule has 0 radical (unpaired) electrons. The second kappa shape index (κ2) is 7.45. The zero-order valence-corrected chi connectivity index (χ0v) is 12.2. The van der Waals surface area contributed by atoms with Crippen LogP contribution in [0.15, 0.2) is 0 Å². The van der Waals surface area contributed by atoms with E-state index in [2.05, 4.69) is 0 Å². The summed E-state index contributed by atoms with van der Waals surface area (Å²) in [5.41, 5.74) is -1.70. The van der Waals surface area contributed by atoms with Crippen molar-refractivity contribution in [2.24, 2.45) is 0 Å². The van der Waals surface area contributed by atoms with E-state index in [0.29, 0.717) is 19.3 Å². The van der Waals surface area contributed by atoms with Crippen molar-refractivity contribution in [3.05, 3.63) is 0 Å². The minimum atomic E-state index is -1.10. The van der Waals surface area contributed by atoms with Crippen LogP contribution in [-0.2, 0) is 9.53 Å². The molecule has 0 saturated carbocycles. The third-order valence-electron chi connectivity index (χ3n) is 2.89. The number of ether oxygens (including phenoxy) is 1. The van der Waals surface area contributed by atoms with Crippen LogP contribution in [0.1, 0.15) is 40.0 Å². The Kier molecular flexibility index (Phi) is 7.00. The molecule has 0 aromatic rings. The maximum Gasteiger partial charge on any atom is 0.411 e. The molecule has 1 atom stereocenters. The topological polar surface area (TPSA) is 87.1 Å². The first kappa shape index (κ1) is 17.9. The van der Waals surface area contributed by atoms with Gasteiger partial charge < -0.3 is 19.7 Å². The second-order valence-electron chi connectivity index (χ2n) is 5.47. The summed E-state index contributed by atoms with van der Waals surface area (Å²) in [4.78, 5) is 24.5. The number of piperidine rings is 1. The fourth-order valence-corrected chi connectivity index (χ4v) is 1.97. The smallest absolute Gasteiger partial charge is 0.411 e. The van der Waals surface area contributed by atoms with Gasteiger partial charge in [-0.3, -0.25) is 4.90 Å². The standard InChI is InChI=1S/C12H21NO4.CH4O/c1-11(2,3)17-10(16)13-7-5-4-6-12(13,8-14)9-15;1-2/h8,15H,4-7,9H2,1-3H3;2H,1H3. The number of likely N-dealkylation sites (tertiary alicyclic amines) is 1. The molecule has 6 heteroatoms. The van der Waals surface area contributed by atoms with Crippen LogP contribution in [-0.4, -0.2) is 58.9 Å². The summed E-state index contributed by atoms with van der Waals surface area (Å²) < 4.78 is 5.25. The lowest BCUT2D eigenvalue weighted by atomic mass is 9.89. The minimum Gasteiger partial charge on any atom is -0.444 e. The number of aliphatic hydroxyl groups is 2. The van der Waals surface area contributed by atoms with Gasteiger partial charge in [-0.1, -0.05) is 0 Å². The van der Waals surface area contributed by atoms with Crippen LogP contribution in [0, 0.1) is 0 Å². The predicted octanol–water partition coefficient (Wildman–Crippen LogP) is 0.946. The fraction of sp³-hybridized carbons (Fsp3) is 0.846. The average molecular weight is 275 g/mol. The highest BCUT2D eigenvalue weighted by Gasteiger charge is 2.42. The minimum absolute atomic E-state index is 0.351. The Labute approximate surface area is 114 Å². The van der Waals surface area contributed by atoms with Crippen LogP contribution in [0.4, 0.5) is 4.79 Å². The molecule has 1 aliphatic rings. The van der Waals surface area contributed by atoms with Crippen molar-refractivity contribution in [1.29, 1.82) is 0 Å². The molecule has 0 bridgehead atoms. The van der Waals surface area contributed by atoms with Crippen molar-refractivity contribution in [2.45, 2.75) is 51.2 Å². The monoisotopic (exact) mass is 275 g/mol. The Bertz CT molecular complexity index is 300. The molecule has 2 N–H and O–H groups in total. The van der Waals surface area contributed by atoms with Gasteiger partial charge >= 0.3 is 6.09 Å². The first-order valence-corrected chi connectivity index (χ1v) is 6.37. The van der Waals surface area contributed by atoms with E-state index in [0.717, 1.165) is 20.0 Å². The number of aliphatic hydroxyl groups excluding tert-OH is 2. The summed E-state index contributed by atoms with van der Waals surface area (Å²) in [6.45, 7) is 5.42. The summed E-state index contributed by atoms with van der Waals surface area (Å²) in [6.07, 6.45) is 2.29. The maximum absolute atomic E-state index is 12.0. The van der Waals surface area contributed by atoms with Gasteiger partial charge in [-0.2, -0.15) is 0 Å². The molecule has 112 valence electrons. The normalized spacial score (nSPS) is 23.2. The zero-order valence-electron chi connectivity index (χ0n) is 12.2. The molecule has 0 aromatic heterocycles. The average Bonchev–Trinajstić information content (AvgIpc) is 2.39. The summed E-state index contributed by atoms with van der Waals surface area (Å²) >= 11 is 0. The molecule has 1 aliphatic heterocycles.